The van der Waals surface area contributed by atoms with Gasteiger partial charge in [0.25, 0.3) is 0 Å². The fourth-order valence-corrected chi connectivity index (χ4v) is 4.79. The van der Waals surface area contributed by atoms with Crippen LogP contribution in [0.25, 0.3) is 0 Å². The average Bonchev–Trinajstić information content (AvgIpc) is 3.06. The lowest BCUT2D eigenvalue weighted by Gasteiger charge is -2.35. The summed E-state index contributed by atoms with van der Waals surface area (Å²) < 4.78 is 16.6. The number of rotatable bonds is 2. The third-order valence-corrected chi connectivity index (χ3v) is 5.65. The van der Waals surface area contributed by atoms with Crippen LogP contribution >= 0.6 is 0 Å². The van der Waals surface area contributed by atoms with Crippen LogP contribution in [0, 0.1) is 23.7 Å². The van der Waals surface area contributed by atoms with Gasteiger partial charge in [-0.25, -0.2) is 0 Å². The second-order valence-electron chi connectivity index (χ2n) is 6.77. The molecule has 5 atom stereocenters. The number of esters is 1. The van der Waals surface area contributed by atoms with Gasteiger partial charge in [-0.05, 0) is 44.9 Å². The van der Waals surface area contributed by atoms with E-state index in [4.69, 9.17) is 14.2 Å². The summed E-state index contributed by atoms with van der Waals surface area (Å²) >= 11 is 0. The van der Waals surface area contributed by atoms with Crippen LogP contribution in [0.15, 0.2) is 0 Å². The van der Waals surface area contributed by atoms with Crippen molar-refractivity contribution in [2.45, 2.75) is 44.5 Å². The summed E-state index contributed by atoms with van der Waals surface area (Å²) in [4.78, 5) is 12.1. The first-order chi connectivity index (χ1) is 9.39. The van der Waals surface area contributed by atoms with Crippen molar-refractivity contribution in [1.29, 1.82) is 0 Å². The van der Waals surface area contributed by atoms with Gasteiger partial charge >= 0.3 is 5.97 Å². The molecule has 1 aliphatic heterocycles. The maximum absolute atomic E-state index is 12.1. The van der Waals surface area contributed by atoms with Gasteiger partial charge in [-0.1, -0.05) is 0 Å². The summed E-state index contributed by atoms with van der Waals surface area (Å²) in [7, 11) is 1.42. The Bertz CT molecular complexity index is 399. The van der Waals surface area contributed by atoms with E-state index in [9.17, 15) is 9.90 Å². The number of hydrogen-bond acceptors (Lipinski definition) is 5. The predicted molar refractivity (Wildman–Crippen MR) is 70.8 cm³/mol. The average molecular weight is 284 g/mol. The molecule has 0 unspecified atom stereocenters. The molecule has 1 saturated heterocycles. The molecule has 5 heteroatoms. The first kappa shape index (κ1) is 14.3. The Kier molecular flexibility index (Phi) is 3.35. The predicted octanol–water partition coefficient (Wildman–Crippen LogP) is 1.34. The molecular formula is C15H24O5. The van der Waals surface area contributed by atoms with Gasteiger partial charge in [0, 0.05) is 5.92 Å². The molecule has 2 aliphatic carbocycles. The Hall–Kier alpha value is -0.650. The summed E-state index contributed by atoms with van der Waals surface area (Å²) in [5, 5.41) is 10.6. The molecule has 1 N–H and O–H groups in total. The zero-order valence-electron chi connectivity index (χ0n) is 12.4. The van der Waals surface area contributed by atoms with Gasteiger partial charge in [0.15, 0.2) is 5.79 Å². The molecule has 0 spiro atoms. The highest BCUT2D eigenvalue weighted by Gasteiger charge is 2.62. The summed E-state index contributed by atoms with van der Waals surface area (Å²) in [6, 6.07) is 0. The molecule has 0 aromatic carbocycles. The number of carbonyl (C=O) groups is 1. The number of hydrogen-bond donors (Lipinski definition) is 1. The van der Waals surface area contributed by atoms with Gasteiger partial charge in [-0.15, -0.1) is 0 Å². The summed E-state index contributed by atoms with van der Waals surface area (Å²) in [6.07, 6.45) is 2.31. The van der Waals surface area contributed by atoms with Crippen LogP contribution < -0.4 is 0 Å². The second-order valence-corrected chi connectivity index (χ2v) is 6.77. The van der Waals surface area contributed by atoms with E-state index in [1.54, 1.807) is 0 Å². The standard InChI is InChI=1S/C15H24O5/c1-14(17)8-9(13(16)18-3)12-10(14)4-5-11(12)15(2)19-6-7-20-15/h9-12,17H,4-8H2,1-3H3/t9-,10+,11+,12+,14-/m0/s1. The van der Waals surface area contributed by atoms with Crippen LogP contribution in [-0.4, -0.2) is 42.8 Å². The van der Waals surface area contributed by atoms with Crippen LogP contribution in [0.1, 0.15) is 33.1 Å². The highest BCUT2D eigenvalue weighted by atomic mass is 16.7. The molecule has 0 aromatic heterocycles. The van der Waals surface area contributed by atoms with Crippen LogP contribution in [0.2, 0.25) is 0 Å². The minimum absolute atomic E-state index is 0.0838. The number of carbonyl (C=O) groups excluding carboxylic acids is 1. The van der Waals surface area contributed by atoms with Crippen molar-refractivity contribution < 1.29 is 24.1 Å². The quantitative estimate of drug-likeness (QED) is 0.775. The van der Waals surface area contributed by atoms with Crippen molar-refractivity contribution in [1.82, 2.24) is 0 Å². The SMILES string of the molecule is COC(=O)[C@H]1C[C@](C)(O)[C@@H]2CC[C@@H](C3(C)OCCO3)[C@H]12. The first-order valence-corrected chi connectivity index (χ1v) is 7.47. The van der Waals surface area contributed by atoms with Crippen LogP contribution in [-0.2, 0) is 19.0 Å². The van der Waals surface area contributed by atoms with Gasteiger partial charge in [0.05, 0.1) is 31.8 Å². The molecule has 3 aliphatic rings. The van der Waals surface area contributed by atoms with E-state index < -0.39 is 11.4 Å². The lowest BCUT2D eigenvalue weighted by atomic mass is 9.80. The minimum Gasteiger partial charge on any atom is -0.469 e. The van der Waals surface area contributed by atoms with E-state index in [0.717, 1.165) is 12.8 Å². The van der Waals surface area contributed by atoms with Crippen molar-refractivity contribution in [2.75, 3.05) is 20.3 Å². The maximum atomic E-state index is 12.1. The zero-order valence-corrected chi connectivity index (χ0v) is 12.4. The van der Waals surface area contributed by atoms with E-state index in [1.807, 2.05) is 13.8 Å². The molecule has 0 bridgehead atoms. The lowest BCUT2D eigenvalue weighted by molar-refractivity contribution is -0.195. The molecule has 1 heterocycles. The molecule has 0 amide bonds. The molecule has 3 fully saturated rings. The Balaban J connectivity index is 1.90. The number of fused-ring (bicyclic) bond motifs is 1. The highest BCUT2D eigenvalue weighted by molar-refractivity contribution is 5.73. The summed E-state index contributed by atoms with van der Waals surface area (Å²) in [6.45, 7) is 5.01. The third-order valence-electron chi connectivity index (χ3n) is 5.65. The molecule has 114 valence electrons. The zero-order chi connectivity index (χ0) is 14.5. The van der Waals surface area contributed by atoms with Crippen molar-refractivity contribution in [2.24, 2.45) is 23.7 Å². The second kappa shape index (κ2) is 4.68. The van der Waals surface area contributed by atoms with Gasteiger partial charge in [0.2, 0.25) is 0 Å². The van der Waals surface area contributed by atoms with E-state index in [1.165, 1.54) is 7.11 Å². The van der Waals surface area contributed by atoms with Crippen molar-refractivity contribution in [3.05, 3.63) is 0 Å². The largest absolute Gasteiger partial charge is 0.469 e. The molecular weight excluding hydrogens is 260 g/mol. The third kappa shape index (κ3) is 1.98. The maximum Gasteiger partial charge on any atom is 0.309 e. The van der Waals surface area contributed by atoms with Gasteiger partial charge in [-0.2, -0.15) is 0 Å². The smallest absolute Gasteiger partial charge is 0.309 e. The van der Waals surface area contributed by atoms with E-state index in [-0.39, 0.29) is 29.6 Å². The fourth-order valence-electron chi connectivity index (χ4n) is 4.79. The normalized spacial score (nSPS) is 46.4. The van der Waals surface area contributed by atoms with Gasteiger partial charge < -0.3 is 19.3 Å². The van der Waals surface area contributed by atoms with Crippen LogP contribution in [0.5, 0.6) is 0 Å². The molecule has 3 rings (SSSR count). The van der Waals surface area contributed by atoms with E-state index in [2.05, 4.69) is 0 Å². The highest BCUT2D eigenvalue weighted by Crippen LogP contribution is 2.59. The minimum atomic E-state index is -0.798. The Labute approximate surface area is 119 Å². The summed E-state index contributed by atoms with van der Waals surface area (Å²) in [5.41, 5.74) is -0.798. The van der Waals surface area contributed by atoms with Crippen molar-refractivity contribution in [3.63, 3.8) is 0 Å². The van der Waals surface area contributed by atoms with Crippen LogP contribution in [0.3, 0.4) is 0 Å². The molecule has 20 heavy (non-hydrogen) atoms. The molecule has 0 aromatic rings. The van der Waals surface area contributed by atoms with Gasteiger partial charge in [-0.3, -0.25) is 4.79 Å². The Morgan fingerprint density at radius 1 is 1.20 bits per heavy atom. The van der Waals surface area contributed by atoms with Crippen molar-refractivity contribution in [3.8, 4) is 0 Å². The summed E-state index contributed by atoms with van der Waals surface area (Å²) in [5.74, 6) is -0.732. The number of ether oxygens (including phenoxy) is 3. The van der Waals surface area contributed by atoms with Crippen LogP contribution in [0.4, 0.5) is 0 Å². The topological polar surface area (TPSA) is 65.0 Å². The van der Waals surface area contributed by atoms with Gasteiger partial charge in [0.1, 0.15) is 0 Å². The molecule has 2 saturated carbocycles. The fraction of sp³-hybridized carbons (Fsp3) is 0.933. The Morgan fingerprint density at radius 3 is 2.40 bits per heavy atom. The van der Waals surface area contributed by atoms with E-state index >= 15 is 0 Å². The monoisotopic (exact) mass is 284 g/mol. The Morgan fingerprint density at radius 2 is 1.80 bits per heavy atom. The number of methoxy groups -OCH3 is 1. The van der Waals surface area contributed by atoms with Crippen molar-refractivity contribution >= 4 is 5.97 Å². The first-order valence-electron chi connectivity index (χ1n) is 7.47. The molecule has 5 nitrogen and oxygen atoms in total. The lowest BCUT2D eigenvalue weighted by Crippen LogP contribution is -2.41. The number of aliphatic hydroxyl groups is 1. The van der Waals surface area contributed by atoms with E-state index in [0.29, 0.717) is 19.6 Å². The molecule has 0 radical (unpaired) electrons.